The number of para-hydroxylation sites is 1. The lowest BCUT2D eigenvalue weighted by molar-refractivity contribution is -0.121. The molecule has 0 saturated heterocycles. The molecule has 0 fully saturated rings. The zero-order valence-corrected chi connectivity index (χ0v) is 20.9. The maximum absolute atomic E-state index is 12.6. The lowest BCUT2D eigenvalue weighted by Gasteiger charge is -2.28. The molecule has 2 aromatic rings. The van der Waals surface area contributed by atoms with Crippen molar-refractivity contribution in [3.8, 4) is 11.5 Å². The van der Waals surface area contributed by atoms with Crippen molar-refractivity contribution in [1.29, 1.82) is 0 Å². The molecule has 0 aliphatic rings. The summed E-state index contributed by atoms with van der Waals surface area (Å²) in [6, 6.07) is 10.1. The fraction of sp³-hybridized carbons (Fsp3) is 0.263. The minimum atomic E-state index is -1.91. The Hall–Kier alpha value is -1.35. The van der Waals surface area contributed by atoms with Crippen LogP contribution in [0.4, 0.5) is 5.69 Å². The average Bonchev–Trinajstić information content (AvgIpc) is 2.69. The molecule has 0 heterocycles. The highest BCUT2D eigenvalue weighted by Gasteiger charge is 2.34. The summed E-state index contributed by atoms with van der Waals surface area (Å²) in [4.78, 5) is 12.6. The smallest absolute Gasteiger partial charge is 0.228 e. The Kier molecular flexibility index (Phi) is 9.61. The van der Waals surface area contributed by atoms with Crippen LogP contribution in [0.5, 0.6) is 11.5 Å². The van der Waals surface area contributed by atoms with Crippen molar-refractivity contribution in [3.05, 3.63) is 52.0 Å². The van der Waals surface area contributed by atoms with Crippen LogP contribution in [0.1, 0.15) is 5.56 Å². The third-order valence-corrected chi connectivity index (χ3v) is 5.43. The molecule has 0 spiro atoms. The van der Waals surface area contributed by atoms with E-state index in [9.17, 15) is 4.79 Å². The monoisotopic (exact) mass is 543 g/mol. The molecule has 6 nitrogen and oxygen atoms in total. The highest BCUT2D eigenvalue weighted by atomic mass is 35.6. The number of nitrogens with one attached hydrogen (secondary N) is 3. The van der Waals surface area contributed by atoms with Gasteiger partial charge in [-0.15, -0.1) is 0 Å². The predicted molar refractivity (Wildman–Crippen MR) is 131 cm³/mol. The molecule has 168 valence electrons. The zero-order valence-electron chi connectivity index (χ0n) is 16.3. The Morgan fingerprint density at radius 3 is 2.19 bits per heavy atom. The van der Waals surface area contributed by atoms with Crippen molar-refractivity contribution in [2.75, 3.05) is 19.5 Å². The number of methoxy groups -OCH3 is 2. The number of amides is 1. The molecule has 0 radical (unpaired) electrons. The molecular formula is C19H18Cl5N3O3S. The van der Waals surface area contributed by atoms with E-state index in [1.807, 2.05) is 0 Å². The summed E-state index contributed by atoms with van der Waals surface area (Å²) in [7, 11) is 3.03. The van der Waals surface area contributed by atoms with Gasteiger partial charge in [-0.05, 0) is 42.0 Å². The van der Waals surface area contributed by atoms with Crippen LogP contribution in [0.3, 0.4) is 0 Å². The first-order chi connectivity index (χ1) is 14.5. The molecule has 0 bridgehead atoms. The van der Waals surface area contributed by atoms with Crippen LogP contribution in [-0.2, 0) is 11.2 Å². The van der Waals surface area contributed by atoms with Crippen molar-refractivity contribution in [2.24, 2.45) is 0 Å². The Balaban J connectivity index is 2.07. The molecule has 0 aliphatic heterocycles. The molecule has 0 saturated carbocycles. The van der Waals surface area contributed by atoms with Gasteiger partial charge < -0.3 is 25.4 Å². The summed E-state index contributed by atoms with van der Waals surface area (Å²) < 4.78 is 8.52. The summed E-state index contributed by atoms with van der Waals surface area (Å²) in [5, 5.41) is 8.92. The first-order valence-electron chi connectivity index (χ1n) is 8.63. The van der Waals surface area contributed by atoms with Gasteiger partial charge in [-0.3, -0.25) is 4.79 Å². The molecule has 12 heteroatoms. The van der Waals surface area contributed by atoms with Crippen LogP contribution < -0.4 is 25.4 Å². The topological polar surface area (TPSA) is 71.6 Å². The van der Waals surface area contributed by atoms with Crippen molar-refractivity contribution in [2.45, 2.75) is 16.4 Å². The van der Waals surface area contributed by atoms with Gasteiger partial charge in [0.2, 0.25) is 9.70 Å². The molecule has 0 aliphatic carbocycles. The van der Waals surface area contributed by atoms with Crippen molar-refractivity contribution in [3.63, 3.8) is 0 Å². The lowest BCUT2D eigenvalue weighted by Crippen LogP contribution is -2.56. The Morgan fingerprint density at radius 1 is 1.03 bits per heavy atom. The first kappa shape index (κ1) is 25.9. The molecule has 0 aromatic heterocycles. The summed E-state index contributed by atoms with van der Waals surface area (Å²) in [5.74, 6) is 0.614. The normalized spacial score (nSPS) is 12.0. The Labute approximate surface area is 210 Å². The Morgan fingerprint density at radius 2 is 1.65 bits per heavy atom. The molecule has 1 amide bonds. The van der Waals surface area contributed by atoms with Crippen LogP contribution in [0.25, 0.3) is 0 Å². The van der Waals surface area contributed by atoms with Crippen molar-refractivity contribution >= 4 is 86.9 Å². The fourth-order valence-electron chi connectivity index (χ4n) is 2.49. The molecule has 2 aromatic carbocycles. The van der Waals surface area contributed by atoms with E-state index < -0.39 is 15.9 Å². The second-order valence-electron chi connectivity index (χ2n) is 6.10. The number of carbonyl (C=O) groups is 1. The summed E-state index contributed by atoms with van der Waals surface area (Å²) in [5.41, 5.74) is 1.05. The Bertz CT molecular complexity index is 936. The quantitative estimate of drug-likeness (QED) is 0.248. The summed E-state index contributed by atoms with van der Waals surface area (Å²) in [6.07, 6.45) is -1.15. The van der Waals surface area contributed by atoms with Gasteiger partial charge in [0.05, 0.1) is 36.4 Å². The number of anilines is 1. The predicted octanol–water partition coefficient (Wildman–Crippen LogP) is 5.35. The van der Waals surface area contributed by atoms with Gasteiger partial charge in [0.1, 0.15) is 6.17 Å². The molecule has 31 heavy (non-hydrogen) atoms. The number of rotatable bonds is 7. The maximum Gasteiger partial charge on any atom is 0.228 e. The van der Waals surface area contributed by atoms with Gasteiger partial charge in [0, 0.05) is 0 Å². The molecule has 3 N–H and O–H groups in total. The number of ether oxygens (including phenoxy) is 2. The third kappa shape index (κ3) is 7.63. The minimum absolute atomic E-state index is 0.00415. The second kappa shape index (κ2) is 11.5. The van der Waals surface area contributed by atoms with E-state index >= 15 is 0 Å². The maximum atomic E-state index is 12.6. The number of benzene rings is 2. The summed E-state index contributed by atoms with van der Waals surface area (Å²) in [6.45, 7) is 0. The molecule has 2 rings (SSSR count). The van der Waals surface area contributed by atoms with E-state index in [4.69, 9.17) is 79.7 Å². The van der Waals surface area contributed by atoms with Crippen LogP contribution in [-0.4, -0.2) is 35.2 Å². The number of thiocarbonyl (C=S) groups is 1. The van der Waals surface area contributed by atoms with Gasteiger partial charge in [-0.2, -0.15) is 0 Å². The highest BCUT2D eigenvalue weighted by Crippen LogP contribution is 2.32. The van der Waals surface area contributed by atoms with Crippen LogP contribution in [0.15, 0.2) is 36.4 Å². The van der Waals surface area contributed by atoms with E-state index in [2.05, 4.69) is 16.0 Å². The van der Waals surface area contributed by atoms with Crippen molar-refractivity contribution in [1.82, 2.24) is 10.6 Å². The van der Waals surface area contributed by atoms with E-state index in [1.165, 1.54) is 14.2 Å². The van der Waals surface area contributed by atoms with E-state index in [-0.39, 0.29) is 11.5 Å². The lowest BCUT2D eigenvalue weighted by atomic mass is 10.1. The number of alkyl halides is 3. The molecule has 1 atom stereocenters. The highest BCUT2D eigenvalue weighted by molar-refractivity contribution is 7.80. The minimum Gasteiger partial charge on any atom is -0.493 e. The van der Waals surface area contributed by atoms with Gasteiger partial charge in [0.25, 0.3) is 0 Å². The molecular weight excluding hydrogens is 528 g/mol. The average molecular weight is 546 g/mol. The fourth-order valence-corrected chi connectivity index (χ4v) is 3.52. The standard InChI is InChI=1S/C19H18Cl5N3O3S/c1-29-13-7-6-10(8-14(13)30-2)9-15(28)25-17(19(22,23)24)27-18(31)26-16-11(20)4-3-5-12(16)21/h3-8,17H,9H2,1-2H3,(H,25,28)(H2,26,27,31)/t17-/m0/s1. The van der Waals surface area contributed by atoms with Gasteiger partial charge in [0.15, 0.2) is 16.6 Å². The molecule has 0 unspecified atom stereocenters. The van der Waals surface area contributed by atoms with Gasteiger partial charge in [-0.1, -0.05) is 70.1 Å². The van der Waals surface area contributed by atoms with Crippen LogP contribution >= 0.6 is 70.2 Å². The summed E-state index contributed by atoms with van der Waals surface area (Å²) >= 11 is 35.5. The van der Waals surface area contributed by atoms with E-state index in [0.29, 0.717) is 32.8 Å². The first-order valence-corrected chi connectivity index (χ1v) is 10.9. The van der Waals surface area contributed by atoms with E-state index in [0.717, 1.165) is 0 Å². The number of halogens is 5. The van der Waals surface area contributed by atoms with Crippen molar-refractivity contribution < 1.29 is 14.3 Å². The van der Waals surface area contributed by atoms with Gasteiger partial charge >= 0.3 is 0 Å². The second-order valence-corrected chi connectivity index (χ2v) is 9.69. The number of hydrogen-bond donors (Lipinski definition) is 3. The largest absolute Gasteiger partial charge is 0.493 e. The number of carbonyl (C=O) groups excluding carboxylic acids is 1. The van der Waals surface area contributed by atoms with Crippen LogP contribution in [0, 0.1) is 0 Å². The zero-order chi connectivity index (χ0) is 23.2. The van der Waals surface area contributed by atoms with Crippen LogP contribution in [0.2, 0.25) is 10.0 Å². The number of hydrogen-bond acceptors (Lipinski definition) is 4. The third-order valence-electron chi connectivity index (χ3n) is 3.92. The van der Waals surface area contributed by atoms with E-state index in [1.54, 1.807) is 36.4 Å². The van der Waals surface area contributed by atoms with Gasteiger partial charge in [-0.25, -0.2) is 0 Å². The SMILES string of the molecule is COc1ccc(CC(=O)N[C@@H](NC(=S)Nc2c(Cl)cccc2Cl)C(Cl)(Cl)Cl)cc1OC.